The number of carbonyl (C=O) groups is 1. The number of hydrogen-bond donors (Lipinski definition) is 1. The van der Waals surface area contributed by atoms with Gasteiger partial charge in [0.25, 0.3) is 0 Å². The Morgan fingerprint density at radius 1 is 1.50 bits per heavy atom. The molecule has 0 aromatic heterocycles. The number of hydrogen-bond acceptors (Lipinski definition) is 4. The van der Waals surface area contributed by atoms with E-state index in [1.54, 1.807) is 12.0 Å². The van der Waals surface area contributed by atoms with Gasteiger partial charge in [-0.2, -0.15) is 0 Å². The van der Waals surface area contributed by atoms with Crippen LogP contribution in [0.15, 0.2) is 24.3 Å². The SMILES string of the molecule is COc1ccccc1CC(=O)N(C)CC1CNCCO1. The summed E-state index contributed by atoms with van der Waals surface area (Å²) in [4.78, 5) is 14.0. The molecule has 1 heterocycles. The summed E-state index contributed by atoms with van der Waals surface area (Å²) in [6, 6.07) is 7.61. The first-order valence-corrected chi connectivity index (χ1v) is 6.89. The number of para-hydroxylation sites is 1. The van der Waals surface area contributed by atoms with Crippen LogP contribution in [0.3, 0.4) is 0 Å². The number of likely N-dealkylation sites (N-methyl/N-ethyl adjacent to an activating group) is 1. The second-order valence-corrected chi connectivity index (χ2v) is 4.96. The molecule has 1 saturated heterocycles. The first kappa shape index (κ1) is 14.8. The summed E-state index contributed by atoms with van der Waals surface area (Å²) in [6.45, 7) is 3.00. The maximum atomic E-state index is 12.2. The average molecular weight is 278 g/mol. The molecule has 20 heavy (non-hydrogen) atoms. The standard InChI is InChI=1S/C15H22N2O3/c1-17(11-13-10-16-7-8-20-13)15(18)9-12-5-3-4-6-14(12)19-2/h3-6,13,16H,7-11H2,1-2H3. The highest BCUT2D eigenvalue weighted by Gasteiger charge is 2.19. The van der Waals surface area contributed by atoms with E-state index in [1.807, 2.05) is 31.3 Å². The minimum absolute atomic E-state index is 0.0728. The number of ether oxygens (including phenoxy) is 2. The predicted octanol–water partition coefficient (Wildman–Crippen LogP) is 0.685. The molecule has 1 amide bonds. The van der Waals surface area contributed by atoms with Gasteiger partial charge in [0.15, 0.2) is 0 Å². The van der Waals surface area contributed by atoms with Crippen LogP contribution in [-0.4, -0.2) is 57.3 Å². The summed E-state index contributed by atoms with van der Waals surface area (Å²) in [5, 5.41) is 3.26. The number of benzene rings is 1. The summed E-state index contributed by atoms with van der Waals surface area (Å²) in [5.41, 5.74) is 0.912. The summed E-state index contributed by atoms with van der Waals surface area (Å²) in [6.07, 6.45) is 0.427. The Kier molecular flexibility index (Phi) is 5.38. The fourth-order valence-corrected chi connectivity index (χ4v) is 2.29. The third-order valence-corrected chi connectivity index (χ3v) is 3.44. The van der Waals surface area contributed by atoms with Gasteiger partial charge in [-0.25, -0.2) is 0 Å². The predicted molar refractivity (Wildman–Crippen MR) is 76.9 cm³/mol. The van der Waals surface area contributed by atoms with Gasteiger partial charge >= 0.3 is 0 Å². The molecular formula is C15H22N2O3. The van der Waals surface area contributed by atoms with Gasteiger partial charge in [0, 0.05) is 32.2 Å². The first-order chi connectivity index (χ1) is 9.70. The highest BCUT2D eigenvalue weighted by molar-refractivity contribution is 5.79. The van der Waals surface area contributed by atoms with Gasteiger partial charge in [0.05, 0.1) is 26.2 Å². The van der Waals surface area contributed by atoms with Crippen LogP contribution in [0.1, 0.15) is 5.56 Å². The summed E-state index contributed by atoms with van der Waals surface area (Å²) in [7, 11) is 3.43. The lowest BCUT2D eigenvalue weighted by molar-refractivity contribution is -0.131. The van der Waals surface area contributed by atoms with Gasteiger partial charge in [-0.05, 0) is 6.07 Å². The fourth-order valence-electron chi connectivity index (χ4n) is 2.29. The Balaban J connectivity index is 1.90. The number of carbonyl (C=O) groups excluding carboxylic acids is 1. The van der Waals surface area contributed by atoms with Crippen molar-refractivity contribution in [1.82, 2.24) is 10.2 Å². The van der Waals surface area contributed by atoms with Gasteiger partial charge in [-0.1, -0.05) is 18.2 Å². The zero-order valence-corrected chi connectivity index (χ0v) is 12.1. The van der Waals surface area contributed by atoms with Gasteiger partial charge in [-0.15, -0.1) is 0 Å². The monoisotopic (exact) mass is 278 g/mol. The molecule has 1 aromatic carbocycles. The number of rotatable bonds is 5. The Hall–Kier alpha value is -1.59. The van der Waals surface area contributed by atoms with Crippen LogP contribution >= 0.6 is 0 Å². The van der Waals surface area contributed by atoms with Crippen molar-refractivity contribution in [2.75, 3.05) is 40.4 Å². The molecule has 5 heteroatoms. The molecule has 2 rings (SSSR count). The Morgan fingerprint density at radius 2 is 2.30 bits per heavy atom. The van der Waals surface area contributed by atoms with Crippen LogP contribution in [0.5, 0.6) is 5.75 Å². The molecule has 0 saturated carbocycles. The quantitative estimate of drug-likeness (QED) is 0.861. The van der Waals surface area contributed by atoms with Crippen molar-refractivity contribution in [2.24, 2.45) is 0 Å². The molecule has 1 atom stereocenters. The van der Waals surface area contributed by atoms with Gasteiger partial charge in [-0.3, -0.25) is 4.79 Å². The van der Waals surface area contributed by atoms with E-state index in [-0.39, 0.29) is 12.0 Å². The van der Waals surface area contributed by atoms with E-state index in [4.69, 9.17) is 9.47 Å². The highest BCUT2D eigenvalue weighted by Crippen LogP contribution is 2.18. The van der Waals surface area contributed by atoms with Gasteiger partial charge in [0.1, 0.15) is 5.75 Å². The van der Waals surface area contributed by atoms with E-state index >= 15 is 0 Å². The maximum Gasteiger partial charge on any atom is 0.226 e. The largest absolute Gasteiger partial charge is 0.496 e. The average Bonchev–Trinajstić information content (AvgIpc) is 2.48. The Labute approximate surface area is 119 Å². The second kappa shape index (κ2) is 7.26. The van der Waals surface area contributed by atoms with Gasteiger partial charge < -0.3 is 19.7 Å². The Bertz CT molecular complexity index is 444. The third kappa shape index (κ3) is 3.95. The zero-order chi connectivity index (χ0) is 14.4. The molecule has 1 aliphatic heterocycles. The molecule has 1 unspecified atom stereocenters. The lowest BCUT2D eigenvalue weighted by Crippen LogP contribution is -2.46. The van der Waals surface area contributed by atoms with E-state index in [1.165, 1.54) is 0 Å². The summed E-state index contributed by atoms with van der Waals surface area (Å²) >= 11 is 0. The molecule has 1 fully saturated rings. The molecule has 1 aromatic rings. The number of nitrogens with zero attached hydrogens (tertiary/aromatic N) is 1. The zero-order valence-electron chi connectivity index (χ0n) is 12.1. The lowest BCUT2D eigenvalue weighted by atomic mass is 10.1. The van der Waals surface area contributed by atoms with Crippen LogP contribution in [0.25, 0.3) is 0 Å². The fraction of sp³-hybridized carbons (Fsp3) is 0.533. The molecule has 0 bridgehead atoms. The summed E-state index contributed by atoms with van der Waals surface area (Å²) < 4.78 is 10.9. The van der Waals surface area contributed by atoms with Crippen molar-refractivity contribution >= 4 is 5.91 Å². The number of methoxy groups -OCH3 is 1. The van der Waals surface area contributed by atoms with Crippen LogP contribution in [-0.2, 0) is 16.0 Å². The van der Waals surface area contributed by atoms with Crippen molar-refractivity contribution in [3.8, 4) is 5.75 Å². The highest BCUT2D eigenvalue weighted by atomic mass is 16.5. The Morgan fingerprint density at radius 3 is 3.00 bits per heavy atom. The minimum atomic E-state index is 0.0728. The molecule has 0 radical (unpaired) electrons. The molecule has 1 aliphatic rings. The van der Waals surface area contributed by atoms with E-state index < -0.39 is 0 Å². The topological polar surface area (TPSA) is 50.8 Å². The van der Waals surface area contributed by atoms with E-state index in [2.05, 4.69) is 5.32 Å². The molecule has 110 valence electrons. The normalized spacial score (nSPS) is 18.6. The maximum absolute atomic E-state index is 12.2. The van der Waals surface area contributed by atoms with Crippen molar-refractivity contribution in [1.29, 1.82) is 0 Å². The van der Waals surface area contributed by atoms with Crippen LogP contribution in [0.4, 0.5) is 0 Å². The third-order valence-electron chi connectivity index (χ3n) is 3.44. The lowest BCUT2D eigenvalue weighted by Gasteiger charge is -2.28. The van der Waals surface area contributed by atoms with Crippen molar-refractivity contribution in [3.05, 3.63) is 29.8 Å². The van der Waals surface area contributed by atoms with E-state index in [0.29, 0.717) is 19.6 Å². The molecule has 0 spiro atoms. The van der Waals surface area contributed by atoms with Crippen LogP contribution in [0.2, 0.25) is 0 Å². The van der Waals surface area contributed by atoms with Crippen molar-refractivity contribution < 1.29 is 14.3 Å². The van der Waals surface area contributed by atoms with Crippen molar-refractivity contribution in [3.63, 3.8) is 0 Å². The van der Waals surface area contributed by atoms with Crippen molar-refractivity contribution in [2.45, 2.75) is 12.5 Å². The first-order valence-electron chi connectivity index (χ1n) is 6.89. The molecule has 5 nitrogen and oxygen atoms in total. The minimum Gasteiger partial charge on any atom is -0.496 e. The smallest absolute Gasteiger partial charge is 0.226 e. The number of amides is 1. The molecule has 1 N–H and O–H groups in total. The molecular weight excluding hydrogens is 256 g/mol. The summed E-state index contributed by atoms with van der Waals surface area (Å²) in [5.74, 6) is 0.827. The number of nitrogens with one attached hydrogen (secondary N) is 1. The van der Waals surface area contributed by atoms with Gasteiger partial charge in [0.2, 0.25) is 5.91 Å². The molecule has 0 aliphatic carbocycles. The van der Waals surface area contributed by atoms with E-state index in [9.17, 15) is 4.79 Å². The van der Waals surface area contributed by atoms with Crippen LogP contribution in [0, 0.1) is 0 Å². The van der Waals surface area contributed by atoms with E-state index in [0.717, 1.165) is 24.4 Å². The second-order valence-electron chi connectivity index (χ2n) is 4.96. The number of morpholine rings is 1. The van der Waals surface area contributed by atoms with Crippen LogP contribution < -0.4 is 10.1 Å².